The fourth-order valence-corrected chi connectivity index (χ4v) is 2.79. The summed E-state index contributed by atoms with van der Waals surface area (Å²) in [7, 11) is 0. The summed E-state index contributed by atoms with van der Waals surface area (Å²) in [6.07, 6.45) is 4.35. The first-order valence-electron chi connectivity index (χ1n) is 9.76. The molecule has 31 heavy (non-hydrogen) atoms. The van der Waals surface area contributed by atoms with Gasteiger partial charge in [-0.15, -0.1) is 0 Å². The van der Waals surface area contributed by atoms with Crippen LogP contribution in [0.4, 0.5) is 10.8 Å². The maximum Gasteiger partial charge on any atom is 0.323 e. The van der Waals surface area contributed by atoms with Gasteiger partial charge in [0.25, 0.3) is 0 Å². The van der Waals surface area contributed by atoms with Gasteiger partial charge in [-0.1, -0.05) is 24.8 Å². The molecule has 1 aromatic heterocycles. The highest BCUT2D eigenvalue weighted by molar-refractivity contribution is 5.90. The van der Waals surface area contributed by atoms with Gasteiger partial charge in [0.1, 0.15) is 17.8 Å². The molecule has 0 unspecified atom stereocenters. The lowest BCUT2D eigenvalue weighted by Gasteiger charge is -2.28. The van der Waals surface area contributed by atoms with Crippen molar-refractivity contribution in [2.24, 2.45) is 10.7 Å². The number of urea groups is 1. The summed E-state index contributed by atoms with van der Waals surface area (Å²) >= 11 is 0. The third-order valence-corrected chi connectivity index (χ3v) is 4.32. The van der Waals surface area contributed by atoms with Gasteiger partial charge in [0.05, 0.1) is 18.9 Å². The summed E-state index contributed by atoms with van der Waals surface area (Å²) in [5, 5.41) is 5.27. The van der Waals surface area contributed by atoms with E-state index in [-0.39, 0.29) is 18.5 Å². The van der Waals surface area contributed by atoms with Gasteiger partial charge in [-0.25, -0.2) is 4.79 Å². The Kier molecular flexibility index (Phi) is 7.66. The molecule has 0 saturated carbocycles. The van der Waals surface area contributed by atoms with Crippen LogP contribution < -0.4 is 21.1 Å². The highest BCUT2D eigenvalue weighted by Crippen LogP contribution is 2.19. The van der Waals surface area contributed by atoms with E-state index in [4.69, 9.17) is 19.6 Å². The van der Waals surface area contributed by atoms with E-state index in [1.54, 1.807) is 19.1 Å². The summed E-state index contributed by atoms with van der Waals surface area (Å²) in [4.78, 5) is 22.6. The van der Waals surface area contributed by atoms with Crippen LogP contribution in [0.1, 0.15) is 11.3 Å². The van der Waals surface area contributed by atoms with Crippen LogP contribution in [0.5, 0.6) is 5.75 Å². The number of hydrogen-bond donors (Lipinski definition) is 3. The van der Waals surface area contributed by atoms with E-state index in [1.165, 1.54) is 12.5 Å². The first kappa shape index (κ1) is 21.9. The van der Waals surface area contributed by atoms with Gasteiger partial charge in [-0.05, 0) is 19.2 Å². The van der Waals surface area contributed by atoms with Crippen molar-refractivity contribution < 1.29 is 18.7 Å². The van der Waals surface area contributed by atoms with Crippen LogP contribution >= 0.6 is 0 Å². The molecular weight excluding hydrogens is 400 g/mol. The number of morpholine rings is 1. The number of rotatable bonds is 7. The molecule has 10 nitrogen and oxygen atoms in total. The van der Waals surface area contributed by atoms with E-state index in [2.05, 4.69) is 27.2 Å². The van der Waals surface area contributed by atoms with Crippen molar-refractivity contribution in [2.75, 3.05) is 31.6 Å². The molecule has 164 valence electrons. The number of nitrogens with one attached hydrogen (secondary N) is 2. The second kappa shape index (κ2) is 10.8. The third-order valence-electron chi connectivity index (χ3n) is 4.32. The predicted octanol–water partition coefficient (Wildman–Crippen LogP) is 2.36. The number of carbonyl (C=O) groups excluding carboxylic acids is 1. The molecule has 2 aromatic rings. The number of carbonyl (C=O) groups is 1. The Bertz CT molecular complexity index is 962. The molecule has 0 bridgehead atoms. The van der Waals surface area contributed by atoms with Crippen molar-refractivity contribution in [3.8, 4) is 5.75 Å². The lowest BCUT2D eigenvalue weighted by atomic mass is 10.2. The van der Waals surface area contributed by atoms with Gasteiger partial charge < -0.3 is 29.8 Å². The minimum absolute atomic E-state index is 0.128. The zero-order valence-electron chi connectivity index (χ0n) is 17.3. The van der Waals surface area contributed by atoms with Crippen LogP contribution in [0.3, 0.4) is 0 Å². The topological polar surface area (TPSA) is 127 Å². The first-order chi connectivity index (χ1) is 15.0. The largest absolute Gasteiger partial charge is 0.439 e. The molecule has 1 aliphatic heterocycles. The fraction of sp³-hybridized carbons (Fsp3) is 0.286. The lowest BCUT2D eigenvalue weighted by molar-refractivity contribution is 0.0533. The number of aryl methyl sites for hydroxylation is 1. The van der Waals surface area contributed by atoms with E-state index in [0.29, 0.717) is 43.6 Å². The monoisotopic (exact) mass is 426 g/mol. The van der Waals surface area contributed by atoms with Crippen molar-refractivity contribution >= 4 is 17.9 Å². The van der Waals surface area contributed by atoms with Crippen LogP contribution in [0, 0.1) is 6.92 Å². The summed E-state index contributed by atoms with van der Waals surface area (Å²) in [6.45, 7) is 8.67. The van der Waals surface area contributed by atoms with Crippen LogP contribution in [0.2, 0.25) is 0 Å². The van der Waals surface area contributed by atoms with E-state index in [9.17, 15) is 4.79 Å². The molecule has 3 rings (SSSR count). The average Bonchev–Trinajstić information content (AvgIpc) is 3.18. The number of hydrogen-bond acceptors (Lipinski definition) is 8. The van der Waals surface area contributed by atoms with Gasteiger partial charge in [0.15, 0.2) is 0 Å². The van der Waals surface area contributed by atoms with Crippen LogP contribution in [0.15, 0.2) is 64.6 Å². The fourth-order valence-electron chi connectivity index (χ4n) is 2.79. The number of nitrogens with zero attached hydrogens (tertiary/aromatic N) is 3. The van der Waals surface area contributed by atoms with Gasteiger partial charge >= 0.3 is 12.0 Å². The number of amides is 2. The molecule has 1 aliphatic rings. The molecule has 0 spiro atoms. The Morgan fingerprint density at radius 1 is 1.39 bits per heavy atom. The van der Waals surface area contributed by atoms with Crippen molar-refractivity contribution in [2.45, 2.75) is 13.5 Å². The number of ether oxygens (including phenoxy) is 2. The Morgan fingerprint density at radius 2 is 2.16 bits per heavy atom. The van der Waals surface area contributed by atoms with Gasteiger partial charge in [-0.3, -0.25) is 5.32 Å². The molecular formula is C21H26N6O4. The SMILES string of the molecule is C=C(/N=C(\C=C/N)Oc1ccccc1CNC(=O)Nc1nc(C)co1)N1CCOCC1. The zero-order chi connectivity index (χ0) is 22.1. The number of para-hydroxylation sites is 1. The smallest absolute Gasteiger partial charge is 0.323 e. The van der Waals surface area contributed by atoms with Crippen molar-refractivity contribution in [1.82, 2.24) is 15.2 Å². The molecule has 1 saturated heterocycles. The van der Waals surface area contributed by atoms with Crippen molar-refractivity contribution in [3.63, 3.8) is 0 Å². The molecule has 0 atom stereocenters. The van der Waals surface area contributed by atoms with E-state index in [0.717, 1.165) is 5.56 Å². The molecule has 2 heterocycles. The predicted molar refractivity (Wildman–Crippen MR) is 116 cm³/mol. The molecule has 0 radical (unpaired) electrons. The maximum atomic E-state index is 12.1. The number of oxazole rings is 1. The van der Waals surface area contributed by atoms with Crippen molar-refractivity contribution in [1.29, 1.82) is 0 Å². The van der Waals surface area contributed by atoms with Gasteiger partial charge in [0.2, 0.25) is 5.90 Å². The Morgan fingerprint density at radius 3 is 2.87 bits per heavy atom. The summed E-state index contributed by atoms with van der Waals surface area (Å²) < 4.78 is 16.4. The van der Waals surface area contributed by atoms with Crippen molar-refractivity contribution in [3.05, 3.63) is 66.5 Å². The first-order valence-corrected chi connectivity index (χ1v) is 9.76. The minimum Gasteiger partial charge on any atom is -0.439 e. The number of aliphatic imine (C=N–C) groups is 1. The molecule has 4 N–H and O–H groups in total. The van der Waals surface area contributed by atoms with Gasteiger partial charge in [0, 0.05) is 31.3 Å². The number of nitrogens with two attached hydrogens (primary N) is 1. The second-order valence-electron chi connectivity index (χ2n) is 6.64. The molecule has 2 amide bonds. The third kappa shape index (κ3) is 6.61. The number of anilines is 1. The normalized spacial score (nSPS) is 14.5. The van der Waals surface area contributed by atoms with E-state index < -0.39 is 6.03 Å². The zero-order valence-corrected chi connectivity index (χ0v) is 17.3. The van der Waals surface area contributed by atoms with E-state index >= 15 is 0 Å². The van der Waals surface area contributed by atoms with Crippen LogP contribution in [-0.4, -0.2) is 48.1 Å². The van der Waals surface area contributed by atoms with E-state index in [1.807, 2.05) is 23.1 Å². The highest BCUT2D eigenvalue weighted by atomic mass is 16.5. The number of aromatic nitrogens is 1. The summed E-state index contributed by atoms with van der Waals surface area (Å²) in [5.41, 5.74) is 6.98. The molecule has 1 aromatic carbocycles. The Labute approximate surface area is 180 Å². The standard InChI is InChI=1S/C21H26N6O4/c1-15-14-30-21(24-15)26-20(28)23-13-17-5-3-4-6-18(17)31-19(7-8-22)25-16(2)27-9-11-29-12-10-27/h3-8,14H,2,9-13,22H2,1H3,(H2,23,24,26,28)/b8-7-,25-19+. The van der Waals surface area contributed by atoms with Crippen LogP contribution in [0.25, 0.3) is 0 Å². The Balaban J connectivity index is 1.65. The molecule has 1 fully saturated rings. The summed E-state index contributed by atoms with van der Waals surface area (Å²) in [6, 6.07) is 6.97. The Hall–Kier alpha value is -3.79. The van der Waals surface area contributed by atoms with Gasteiger partial charge in [-0.2, -0.15) is 9.98 Å². The van der Waals surface area contributed by atoms with Crippen LogP contribution in [-0.2, 0) is 11.3 Å². The lowest BCUT2D eigenvalue weighted by Crippen LogP contribution is -2.35. The minimum atomic E-state index is -0.451. The molecule has 10 heteroatoms. The average molecular weight is 426 g/mol. The second-order valence-corrected chi connectivity index (χ2v) is 6.64. The summed E-state index contributed by atoms with van der Waals surface area (Å²) in [5.74, 6) is 1.38. The highest BCUT2D eigenvalue weighted by Gasteiger charge is 2.14. The quantitative estimate of drug-likeness (QED) is 0.458. The molecule has 0 aliphatic carbocycles. The number of benzene rings is 1. The maximum absolute atomic E-state index is 12.1.